The molecule has 1 saturated heterocycles. The van der Waals surface area contributed by atoms with Crippen molar-refractivity contribution in [3.8, 4) is 0 Å². The van der Waals surface area contributed by atoms with Gasteiger partial charge in [-0.2, -0.15) is 0 Å². The van der Waals surface area contributed by atoms with E-state index in [2.05, 4.69) is 44.2 Å². The lowest BCUT2D eigenvalue weighted by Crippen LogP contribution is -2.32. The molecule has 0 atom stereocenters. The normalized spacial score (nSPS) is 15.8. The topological polar surface area (TPSA) is 18.5 Å². The van der Waals surface area contributed by atoms with Crippen molar-refractivity contribution in [2.24, 2.45) is 0 Å². The summed E-state index contributed by atoms with van der Waals surface area (Å²) in [4.78, 5) is 0. The van der Waals surface area contributed by atoms with Gasteiger partial charge in [-0.25, -0.2) is 0 Å². The molecule has 1 heterocycles. The molecule has 2 aromatic rings. The van der Waals surface area contributed by atoms with Crippen LogP contribution >= 0.6 is 0 Å². The molecule has 0 radical (unpaired) electrons. The van der Waals surface area contributed by atoms with Crippen molar-refractivity contribution in [3.63, 3.8) is 0 Å². The van der Waals surface area contributed by atoms with Gasteiger partial charge in [0.25, 0.3) is 0 Å². The molecule has 0 aliphatic carbocycles. The summed E-state index contributed by atoms with van der Waals surface area (Å²) in [5.41, 5.74) is 3.76. The minimum absolute atomic E-state index is 0.195. The lowest BCUT2D eigenvalue weighted by Gasteiger charge is -2.12. The highest BCUT2D eigenvalue weighted by molar-refractivity contribution is 6.64. The summed E-state index contributed by atoms with van der Waals surface area (Å²) in [6.07, 6.45) is 0. The summed E-state index contributed by atoms with van der Waals surface area (Å²) in [6, 6.07) is 10.7. The van der Waals surface area contributed by atoms with Crippen LogP contribution in [0.4, 0.5) is 0 Å². The van der Waals surface area contributed by atoms with Gasteiger partial charge >= 0.3 is 7.12 Å². The monoisotopic (exact) mass is 226 g/mol. The van der Waals surface area contributed by atoms with Crippen molar-refractivity contribution in [2.45, 2.75) is 13.8 Å². The average Bonchev–Trinajstić information content (AvgIpc) is 2.83. The predicted molar refractivity (Wildman–Crippen MR) is 70.7 cm³/mol. The maximum atomic E-state index is 5.60. The van der Waals surface area contributed by atoms with E-state index in [1.54, 1.807) is 0 Å². The van der Waals surface area contributed by atoms with E-state index < -0.39 is 0 Å². The Kier molecular flexibility index (Phi) is 2.65. The van der Waals surface area contributed by atoms with Crippen LogP contribution in [0.25, 0.3) is 10.8 Å². The van der Waals surface area contributed by atoms with Gasteiger partial charge in [0.05, 0.1) is 13.2 Å². The molecule has 2 nitrogen and oxygen atoms in total. The molecule has 17 heavy (non-hydrogen) atoms. The number of hydrogen-bond donors (Lipinski definition) is 0. The molecular formula is C14H15BO2. The van der Waals surface area contributed by atoms with Crippen LogP contribution < -0.4 is 5.46 Å². The van der Waals surface area contributed by atoms with Crippen molar-refractivity contribution in [3.05, 3.63) is 41.5 Å². The molecule has 0 N–H and O–H groups in total. The predicted octanol–water partition coefficient (Wildman–Crippen LogP) is 2.20. The number of aryl methyl sites for hydroxylation is 2. The van der Waals surface area contributed by atoms with Crippen LogP contribution in [0.15, 0.2) is 30.3 Å². The maximum absolute atomic E-state index is 5.60. The summed E-state index contributed by atoms with van der Waals surface area (Å²) in [5.74, 6) is 0. The largest absolute Gasteiger partial charge is 0.494 e. The van der Waals surface area contributed by atoms with E-state index in [1.807, 2.05) is 0 Å². The van der Waals surface area contributed by atoms with Crippen LogP contribution in [0.1, 0.15) is 11.1 Å². The Morgan fingerprint density at radius 1 is 0.941 bits per heavy atom. The van der Waals surface area contributed by atoms with Gasteiger partial charge in [-0.05, 0) is 41.2 Å². The Hall–Kier alpha value is -1.32. The fraction of sp³-hybridized carbons (Fsp3) is 0.286. The van der Waals surface area contributed by atoms with E-state index in [0.717, 1.165) is 5.46 Å². The van der Waals surface area contributed by atoms with Crippen LogP contribution in [0.2, 0.25) is 0 Å². The molecule has 0 amide bonds. The van der Waals surface area contributed by atoms with Gasteiger partial charge in [0.2, 0.25) is 0 Å². The summed E-state index contributed by atoms with van der Waals surface area (Å²) < 4.78 is 11.2. The molecule has 0 saturated carbocycles. The molecule has 3 heteroatoms. The number of hydrogen-bond acceptors (Lipinski definition) is 2. The van der Waals surface area contributed by atoms with Crippen molar-refractivity contribution in [1.29, 1.82) is 0 Å². The van der Waals surface area contributed by atoms with Gasteiger partial charge in [0.1, 0.15) is 0 Å². The van der Waals surface area contributed by atoms with Crippen LogP contribution in [0.5, 0.6) is 0 Å². The lowest BCUT2D eigenvalue weighted by atomic mass is 9.75. The highest BCUT2D eigenvalue weighted by Crippen LogP contribution is 2.21. The second kappa shape index (κ2) is 4.17. The van der Waals surface area contributed by atoms with E-state index in [9.17, 15) is 0 Å². The SMILES string of the molecule is Cc1cccc2c(B3OCCO3)ccc(C)c12. The Bertz CT molecular complexity index is 551. The molecule has 0 unspecified atom stereocenters. The molecule has 0 spiro atoms. The molecule has 0 aromatic heterocycles. The molecule has 1 fully saturated rings. The average molecular weight is 226 g/mol. The van der Waals surface area contributed by atoms with Gasteiger partial charge in [0.15, 0.2) is 0 Å². The van der Waals surface area contributed by atoms with Crippen molar-refractivity contribution < 1.29 is 9.31 Å². The second-order valence-corrected chi connectivity index (χ2v) is 4.54. The molecule has 86 valence electrons. The van der Waals surface area contributed by atoms with E-state index in [4.69, 9.17) is 9.31 Å². The summed E-state index contributed by atoms with van der Waals surface area (Å²) in [7, 11) is -0.195. The van der Waals surface area contributed by atoms with Gasteiger partial charge in [-0.3, -0.25) is 0 Å². The number of rotatable bonds is 1. The molecule has 2 aromatic carbocycles. The molecule has 1 aliphatic heterocycles. The minimum Gasteiger partial charge on any atom is -0.405 e. The first kappa shape index (κ1) is 10.8. The van der Waals surface area contributed by atoms with E-state index >= 15 is 0 Å². The molecule has 1 aliphatic rings. The smallest absolute Gasteiger partial charge is 0.405 e. The van der Waals surface area contributed by atoms with E-state index in [1.165, 1.54) is 21.9 Å². The number of benzene rings is 2. The number of fused-ring (bicyclic) bond motifs is 1. The van der Waals surface area contributed by atoms with E-state index in [-0.39, 0.29) is 7.12 Å². The Morgan fingerprint density at radius 3 is 2.41 bits per heavy atom. The third kappa shape index (κ3) is 1.76. The Labute approximate surface area is 102 Å². The first-order valence-corrected chi connectivity index (χ1v) is 5.99. The van der Waals surface area contributed by atoms with Crippen molar-refractivity contribution in [2.75, 3.05) is 13.2 Å². The van der Waals surface area contributed by atoms with Gasteiger partial charge in [0, 0.05) is 0 Å². The third-order valence-electron chi connectivity index (χ3n) is 3.37. The Morgan fingerprint density at radius 2 is 1.65 bits per heavy atom. The summed E-state index contributed by atoms with van der Waals surface area (Å²) >= 11 is 0. The van der Waals surface area contributed by atoms with Gasteiger partial charge in [-0.15, -0.1) is 0 Å². The van der Waals surface area contributed by atoms with Crippen molar-refractivity contribution in [1.82, 2.24) is 0 Å². The fourth-order valence-electron chi connectivity index (χ4n) is 2.56. The highest BCUT2D eigenvalue weighted by Gasteiger charge is 2.28. The summed E-state index contributed by atoms with van der Waals surface area (Å²) in [6.45, 7) is 5.67. The first-order chi connectivity index (χ1) is 8.27. The zero-order chi connectivity index (χ0) is 11.8. The molecule has 3 rings (SSSR count). The standard InChI is InChI=1S/C14H15BO2/c1-10-4-3-5-12-13(15-16-8-9-17-15)7-6-11(2)14(10)12/h3-7H,8-9H2,1-2H3. The van der Waals surface area contributed by atoms with Crippen LogP contribution in [0.3, 0.4) is 0 Å². The van der Waals surface area contributed by atoms with E-state index in [0.29, 0.717) is 13.2 Å². The van der Waals surface area contributed by atoms with Crippen LogP contribution in [-0.2, 0) is 9.31 Å². The molecular weight excluding hydrogens is 211 g/mol. The van der Waals surface area contributed by atoms with Crippen LogP contribution in [0, 0.1) is 13.8 Å². The Balaban J connectivity index is 2.26. The molecule has 0 bridgehead atoms. The first-order valence-electron chi connectivity index (χ1n) is 5.99. The van der Waals surface area contributed by atoms with Gasteiger partial charge < -0.3 is 9.31 Å². The zero-order valence-electron chi connectivity index (χ0n) is 10.2. The fourth-order valence-corrected chi connectivity index (χ4v) is 2.56. The van der Waals surface area contributed by atoms with Gasteiger partial charge in [-0.1, -0.05) is 30.3 Å². The zero-order valence-corrected chi connectivity index (χ0v) is 10.2. The maximum Gasteiger partial charge on any atom is 0.494 e. The summed E-state index contributed by atoms with van der Waals surface area (Å²) in [5, 5.41) is 2.57. The van der Waals surface area contributed by atoms with Crippen molar-refractivity contribution >= 4 is 23.4 Å². The highest BCUT2D eigenvalue weighted by atomic mass is 16.6. The second-order valence-electron chi connectivity index (χ2n) is 4.54. The third-order valence-corrected chi connectivity index (χ3v) is 3.37. The van der Waals surface area contributed by atoms with Crippen LogP contribution in [-0.4, -0.2) is 20.3 Å². The lowest BCUT2D eigenvalue weighted by molar-refractivity contribution is 0.365. The minimum atomic E-state index is -0.195. The quantitative estimate of drug-likeness (QED) is 0.694.